The smallest absolute Gasteiger partial charge is 0.308 e. The molecule has 0 saturated carbocycles. The van der Waals surface area contributed by atoms with Gasteiger partial charge in [0, 0.05) is 22.7 Å². The second-order valence-electron chi connectivity index (χ2n) is 5.96. The minimum Gasteiger partial charge on any atom is -0.486 e. The predicted molar refractivity (Wildman–Crippen MR) is 101 cm³/mol. The summed E-state index contributed by atoms with van der Waals surface area (Å²) in [5.41, 5.74) is 0.805. The molecule has 0 aromatic heterocycles. The first-order valence-corrected chi connectivity index (χ1v) is 9.03. The minimum absolute atomic E-state index is 0.0479. The SMILES string of the molecule is O=C(CCNC(=O)c1ccc(Cl)cc1)OCC(=O)c1ccc2c(c1)OCCO2. The Kier molecular flexibility index (Phi) is 6.49. The molecule has 8 heteroatoms. The first-order valence-electron chi connectivity index (χ1n) is 8.65. The lowest BCUT2D eigenvalue weighted by molar-refractivity contribution is -0.142. The van der Waals surface area contributed by atoms with Crippen molar-refractivity contribution in [2.24, 2.45) is 0 Å². The molecule has 7 nitrogen and oxygen atoms in total. The van der Waals surface area contributed by atoms with Gasteiger partial charge < -0.3 is 19.5 Å². The number of ketones is 1. The number of carbonyl (C=O) groups is 3. The number of hydrogen-bond donors (Lipinski definition) is 1. The van der Waals surface area contributed by atoms with Crippen molar-refractivity contribution in [2.45, 2.75) is 6.42 Å². The van der Waals surface area contributed by atoms with Crippen LogP contribution in [-0.2, 0) is 9.53 Å². The Balaban J connectivity index is 1.41. The molecule has 1 N–H and O–H groups in total. The van der Waals surface area contributed by atoms with E-state index in [1.54, 1.807) is 42.5 Å². The zero-order valence-electron chi connectivity index (χ0n) is 14.9. The number of ether oxygens (including phenoxy) is 3. The van der Waals surface area contributed by atoms with Crippen LogP contribution in [0.4, 0.5) is 0 Å². The van der Waals surface area contributed by atoms with E-state index in [0.717, 1.165) is 0 Å². The van der Waals surface area contributed by atoms with Gasteiger partial charge in [-0.15, -0.1) is 0 Å². The average molecular weight is 404 g/mol. The standard InChI is InChI=1S/C20H18ClNO6/c21-15-4-1-13(2-5-15)20(25)22-8-7-19(24)28-12-16(23)14-3-6-17-18(11-14)27-10-9-26-17/h1-6,11H,7-10,12H2,(H,22,25). The molecule has 1 aliphatic rings. The van der Waals surface area contributed by atoms with Crippen molar-refractivity contribution in [3.8, 4) is 11.5 Å². The molecule has 2 aromatic rings. The van der Waals surface area contributed by atoms with Crippen LogP contribution >= 0.6 is 11.6 Å². The fourth-order valence-corrected chi connectivity index (χ4v) is 2.63. The molecule has 2 aromatic carbocycles. The molecule has 0 bridgehead atoms. The zero-order chi connectivity index (χ0) is 19.9. The first-order chi connectivity index (χ1) is 13.5. The summed E-state index contributed by atoms with van der Waals surface area (Å²) < 4.78 is 15.8. The number of carbonyl (C=O) groups excluding carboxylic acids is 3. The molecular weight excluding hydrogens is 386 g/mol. The molecule has 1 heterocycles. The van der Waals surface area contributed by atoms with Crippen molar-refractivity contribution >= 4 is 29.3 Å². The quantitative estimate of drug-likeness (QED) is 0.564. The Morgan fingerprint density at radius 3 is 2.39 bits per heavy atom. The Hall–Kier alpha value is -3.06. The lowest BCUT2D eigenvalue weighted by Gasteiger charge is -2.18. The summed E-state index contributed by atoms with van der Waals surface area (Å²) in [6, 6.07) is 11.2. The summed E-state index contributed by atoms with van der Waals surface area (Å²) >= 11 is 5.77. The topological polar surface area (TPSA) is 90.9 Å². The van der Waals surface area contributed by atoms with Gasteiger partial charge in [0.1, 0.15) is 13.2 Å². The monoisotopic (exact) mass is 403 g/mol. The molecule has 0 saturated heterocycles. The molecule has 1 amide bonds. The molecule has 0 unspecified atom stereocenters. The number of hydrogen-bond acceptors (Lipinski definition) is 6. The van der Waals surface area contributed by atoms with Gasteiger partial charge in [-0.25, -0.2) is 0 Å². The Morgan fingerprint density at radius 1 is 0.964 bits per heavy atom. The van der Waals surface area contributed by atoms with Crippen LogP contribution in [0.3, 0.4) is 0 Å². The predicted octanol–water partition coefficient (Wildman–Crippen LogP) is 2.66. The third-order valence-electron chi connectivity index (χ3n) is 3.95. The van der Waals surface area contributed by atoms with Crippen LogP contribution in [0, 0.1) is 0 Å². The van der Waals surface area contributed by atoms with E-state index in [9.17, 15) is 14.4 Å². The summed E-state index contributed by atoms with van der Waals surface area (Å²) in [5, 5.41) is 3.13. The van der Waals surface area contributed by atoms with E-state index in [1.807, 2.05) is 0 Å². The number of rotatable bonds is 7. The Morgan fingerprint density at radius 2 is 1.64 bits per heavy atom. The number of Topliss-reactive ketones (excluding diaryl/α,β-unsaturated/α-hetero) is 1. The molecule has 0 spiro atoms. The summed E-state index contributed by atoms with van der Waals surface area (Å²) in [4.78, 5) is 35.9. The van der Waals surface area contributed by atoms with Gasteiger partial charge in [0.15, 0.2) is 23.9 Å². The van der Waals surface area contributed by atoms with Gasteiger partial charge in [-0.1, -0.05) is 11.6 Å². The summed E-state index contributed by atoms with van der Waals surface area (Å²) in [7, 11) is 0. The van der Waals surface area contributed by atoms with E-state index in [1.165, 1.54) is 0 Å². The van der Waals surface area contributed by atoms with Crippen LogP contribution in [0.1, 0.15) is 27.1 Å². The summed E-state index contributed by atoms with van der Waals surface area (Å²) in [6.07, 6.45) is -0.0479. The number of amides is 1. The van der Waals surface area contributed by atoms with Gasteiger partial charge >= 0.3 is 5.97 Å². The maximum Gasteiger partial charge on any atom is 0.308 e. The second-order valence-corrected chi connectivity index (χ2v) is 6.39. The van der Waals surface area contributed by atoms with Gasteiger partial charge in [0.25, 0.3) is 5.91 Å². The molecule has 1 aliphatic heterocycles. The molecule has 0 atom stereocenters. The first kappa shape index (κ1) is 19.7. The van der Waals surface area contributed by atoms with E-state index in [0.29, 0.717) is 40.9 Å². The average Bonchev–Trinajstić information content (AvgIpc) is 2.72. The van der Waals surface area contributed by atoms with E-state index in [-0.39, 0.29) is 31.3 Å². The lowest BCUT2D eigenvalue weighted by atomic mass is 10.1. The maximum atomic E-state index is 12.2. The van der Waals surface area contributed by atoms with Crippen molar-refractivity contribution < 1.29 is 28.6 Å². The van der Waals surface area contributed by atoms with Crippen LogP contribution in [-0.4, -0.2) is 44.0 Å². The molecule has 146 valence electrons. The maximum absolute atomic E-state index is 12.2. The second kappa shape index (κ2) is 9.23. The highest BCUT2D eigenvalue weighted by Gasteiger charge is 2.16. The van der Waals surface area contributed by atoms with E-state index in [4.69, 9.17) is 25.8 Å². The molecule has 0 aliphatic carbocycles. The van der Waals surface area contributed by atoms with Crippen LogP contribution in [0.5, 0.6) is 11.5 Å². The highest BCUT2D eigenvalue weighted by molar-refractivity contribution is 6.30. The van der Waals surface area contributed by atoms with Crippen molar-refractivity contribution in [1.82, 2.24) is 5.32 Å². The van der Waals surface area contributed by atoms with Crippen molar-refractivity contribution in [3.05, 3.63) is 58.6 Å². The fourth-order valence-electron chi connectivity index (χ4n) is 2.50. The van der Waals surface area contributed by atoms with Crippen LogP contribution in [0.15, 0.2) is 42.5 Å². The van der Waals surface area contributed by atoms with Gasteiger partial charge in [-0.3, -0.25) is 14.4 Å². The third kappa shape index (κ3) is 5.23. The van der Waals surface area contributed by atoms with E-state index in [2.05, 4.69) is 5.32 Å². The summed E-state index contributed by atoms with van der Waals surface area (Å²) in [6.45, 7) is 0.593. The number of fused-ring (bicyclic) bond motifs is 1. The number of esters is 1. The molecule has 0 fully saturated rings. The normalized spacial score (nSPS) is 12.2. The van der Waals surface area contributed by atoms with Crippen LogP contribution < -0.4 is 14.8 Å². The van der Waals surface area contributed by atoms with E-state index < -0.39 is 5.97 Å². The largest absolute Gasteiger partial charge is 0.486 e. The van der Waals surface area contributed by atoms with Crippen molar-refractivity contribution in [3.63, 3.8) is 0 Å². The van der Waals surface area contributed by atoms with Gasteiger partial charge in [-0.05, 0) is 42.5 Å². The molecule has 28 heavy (non-hydrogen) atoms. The Labute approximate surface area is 166 Å². The molecule has 3 rings (SSSR count). The third-order valence-corrected chi connectivity index (χ3v) is 4.20. The number of halogens is 1. The highest BCUT2D eigenvalue weighted by atomic mass is 35.5. The fraction of sp³-hybridized carbons (Fsp3) is 0.250. The number of benzene rings is 2. The van der Waals surface area contributed by atoms with Crippen molar-refractivity contribution in [2.75, 3.05) is 26.4 Å². The molecule has 0 radical (unpaired) electrons. The highest BCUT2D eigenvalue weighted by Crippen LogP contribution is 2.30. The van der Waals surface area contributed by atoms with Gasteiger partial charge in [-0.2, -0.15) is 0 Å². The van der Waals surface area contributed by atoms with Crippen LogP contribution in [0.2, 0.25) is 5.02 Å². The van der Waals surface area contributed by atoms with E-state index >= 15 is 0 Å². The minimum atomic E-state index is -0.581. The summed E-state index contributed by atoms with van der Waals surface area (Å²) in [5.74, 6) is -0.181. The number of nitrogens with one attached hydrogen (secondary N) is 1. The van der Waals surface area contributed by atoms with Gasteiger partial charge in [0.2, 0.25) is 0 Å². The Bertz CT molecular complexity index is 881. The lowest BCUT2D eigenvalue weighted by Crippen LogP contribution is -2.27. The van der Waals surface area contributed by atoms with Crippen LogP contribution in [0.25, 0.3) is 0 Å². The zero-order valence-corrected chi connectivity index (χ0v) is 15.7. The molecular formula is C20H18ClNO6. The van der Waals surface area contributed by atoms with Crippen molar-refractivity contribution in [1.29, 1.82) is 0 Å². The van der Waals surface area contributed by atoms with Gasteiger partial charge in [0.05, 0.1) is 6.42 Å².